The van der Waals surface area contributed by atoms with Crippen molar-refractivity contribution in [3.63, 3.8) is 0 Å². The molecule has 5 aliphatic carbocycles. The van der Waals surface area contributed by atoms with Gasteiger partial charge < -0.3 is 10.4 Å². The van der Waals surface area contributed by atoms with E-state index in [4.69, 9.17) is 5.11 Å². The smallest absolute Gasteiger partial charge is 0.303 e. The Morgan fingerprint density at radius 3 is 2.18 bits per heavy atom. The van der Waals surface area contributed by atoms with Gasteiger partial charge in [0.15, 0.2) is 0 Å². The first kappa shape index (κ1) is 33.7. The van der Waals surface area contributed by atoms with Gasteiger partial charge in [0.2, 0.25) is 5.91 Å². The standard InChI is InChI=1S/C39H63NO4/c1-26(2)27-17-22-39(34(44)40-25-13-11-9-8-10-12-14-32(42)43)24-23-37(6)28(33(27)39)15-16-30-36(5)20-19-31(41)35(3,4)29(36)18-21-38(30,37)7/h27-30,33H,1,8-25H2,2-7H3,(H,40,44)(H,42,43)/t27-,28+,29-,30+,33+,36-,37+,38+,39-/m0/s1. The van der Waals surface area contributed by atoms with Gasteiger partial charge in [-0.05, 0) is 123 Å². The second-order valence-corrected chi connectivity index (χ2v) is 17.5. The van der Waals surface area contributed by atoms with Crippen LogP contribution in [0, 0.1) is 56.7 Å². The fraction of sp³-hybridized carbons (Fsp3) is 0.872. The molecule has 5 heteroatoms. The Morgan fingerprint density at radius 1 is 0.818 bits per heavy atom. The Balaban J connectivity index is 1.31. The molecule has 0 saturated heterocycles. The Bertz CT molecular complexity index is 1140. The predicted molar refractivity (Wildman–Crippen MR) is 177 cm³/mol. The van der Waals surface area contributed by atoms with Crippen molar-refractivity contribution in [3.8, 4) is 0 Å². The Morgan fingerprint density at radius 2 is 1.50 bits per heavy atom. The number of hydrogen-bond donors (Lipinski definition) is 2. The molecular weight excluding hydrogens is 546 g/mol. The third-order valence-corrected chi connectivity index (χ3v) is 15.4. The fourth-order valence-corrected chi connectivity index (χ4v) is 12.8. The maximum atomic E-state index is 14.3. The number of rotatable bonds is 11. The van der Waals surface area contributed by atoms with Crippen molar-refractivity contribution in [1.82, 2.24) is 5.32 Å². The van der Waals surface area contributed by atoms with E-state index in [1.807, 2.05) is 0 Å². The minimum atomic E-state index is -0.705. The van der Waals surface area contributed by atoms with Crippen molar-refractivity contribution < 1.29 is 19.5 Å². The van der Waals surface area contributed by atoms with E-state index >= 15 is 0 Å². The quantitative estimate of drug-likeness (QED) is 0.181. The van der Waals surface area contributed by atoms with Crippen LogP contribution < -0.4 is 5.32 Å². The monoisotopic (exact) mass is 609 g/mol. The highest BCUT2D eigenvalue weighted by molar-refractivity contribution is 5.85. The lowest BCUT2D eigenvalue weighted by Gasteiger charge is -2.72. The van der Waals surface area contributed by atoms with Crippen LogP contribution in [0.15, 0.2) is 12.2 Å². The molecule has 0 bridgehead atoms. The van der Waals surface area contributed by atoms with Crippen LogP contribution in [0.5, 0.6) is 0 Å². The van der Waals surface area contributed by atoms with E-state index in [9.17, 15) is 14.4 Å². The third-order valence-electron chi connectivity index (χ3n) is 15.4. The number of hydrogen-bond acceptors (Lipinski definition) is 3. The van der Waals surface area contributed by atoms with Crippen molar-refractivity contribution in [2.45, 2.75) is 151 Å². The van der Waals surface area contributed by atoms with Gasteiger partial charge in [-0.1, -0.05) is 72.5 Å². The second-order valence-electron chi connectivity index (χ2n) is 17.5. The molecule has 0 aromatic carbocycles. The molecule has 1 amide bonds. The molecule has 9 atom stereocenters. The number of carbonyl (C=O) groups is 3. The van der Waals surface area contributed by atoms with Crippen molar-refractivity contribution in [2.75, 3.05) is 6.54 Å². The molecule has 2 N–H and O–H groups in total. The van der Waals surface area contributed by atoms with Crippen molar-refractivity contribution in [1.29, 1.82) is 0 Å². The summed E-state index contributed by atoms with van der Waals surface area (Å²) < 4.78 is 0. The number of ketones is 1. The zero-order valence-electron chi connectivity index (χ0n) is 29.0. The molecule has 0 aromatic rings. The van der Waals surface area contributed by atoms with E-state index in [0.717, 1.165) is 90.0 Å². The molecule has 0 spiro atoms. The number of carboxylic acids is 1. The Hall–Kier alpha value is -1.65. The van der Waals surface area contributed by atoms with Crippen LogP contribution >= 0.6 is 0 Å². The number of nitrogens with one attached hydrogen (secondary N) is 1. The van der Waals surface area contributed by atoms with E-state index in [-0.39, 0.29) is 33.5 Å². The molecule has 5 nitrogen and oxygen atoms in total. The average molecular weight is 610 g/mol. The van der Waals surface area contributed by atoms with Gasteiger partial charge in [-0.2, -0.15) is 0 Å². The highest BCUT2D eigenvalue weighted by Gasteiger charge is 2.71. The van der Waals surface area contributed by atoms with Crippen LogP contribution in [0.25, 0.3) is 0 Å². The predicted octanol–water partition coefficient (Wildman–Crippen LogP) is 9.14. The van der Waals surface area contributed by atoms with Crippen LogP contribution in [0.4, 0.5) is 0 Å². The van der Waals surface area contributed by atoms with E-state index in [2.05, 4.69) is 53.4 Å². The number of fused-ring (bicyclic) bond motifs is 7. The number of carbonyl (C=O) groups excluding carboxylic acids is 2. The number of amides is 1. The molecule has 0 heterocycles. The molecular formula is C39H63NO4. The summed E-state index contributed by atoms with van der Waals surface area (Å²) in [5.41, 5.74) is 1.42. The summed E-state index contributed by atoms with van der Waals surface area (Å²) in [6.45, 7) is 19.7. The maximum Gasteiger partial charge on any atom is 0.303 e. The van der Waals surface area contributed by atoms with E-state index in [1.165, 1.54) is 24.8 Å². The van der Waals surface area contributed by atoms with Crippen molar-refractivity contribution >= 4 is 17.7 Å². The van der Waals surface area contributed by atoms with Gasteiger partial charge in [0.25, 0.3) is 0 Å². The number of aliphatic carboxylic acids is 1. The zero-order valence-corrected chi connectivity index (χ0v) is 29.0. The molecule has 248 valence electrons. The van der Waals surface area contributed by atoms with Crippen molar-refractivity contribution in [2.24, 2.45) is 56.7 Å². The highest BCUT2D eigenvalue weighted by atomic mass is 16.4. The van der Waals surface area contributed by atoms with Gasteiger partial charge in [0.1, 0.15) is 5.78 Å². The lowest BCUT2D eigenvalue weighted by molar-refractivity contribution is -0.233. The molecule has 5 rings (SSSR count). The van der Waals surface area contributed by atoms with Crippen LogP contribution in [-0.4, -0.2) is 29.3 Å². The molecule has 5 aliphatic rings. The van der Waals surface area contributed by atoms with E-state index < -0.39 is 5.97 Å². The number of unbranched alkanes of at least 4 members (excludes halogenated alkanes) is 5. The normalized spacial score (nSPS) is 42.4. The fourth-order valence-electron chi connectivity index (χ4n) is 12.8. The van der Waals surface area contributed by atoms with Gasteiger partial charge in [-0.25, -0.2) is 0 Å². The van der Waals surface area contributed by atoms with Gasteiger partial charge >= 0.3 is 5.97 Å². The topological polar surface area (TPSA) is 83.5 Å². The number of carboxylic acid groups (broad SMARTS) is 1. The summed E-state index contributed by atoms with van der Waals surface area (Å²) in [4.78, 5) is 38.1. The van der Waals surface area contributed by atoms with Crippen LogP contribution in [0.3, 0.4) is 0 Å². The molecule has 0 aliphatic heterocycles. The van der Waals surface area contributed by atoms with Crippen molar-refractivity contribution in [3.05, 3.63) is 12.2 Å². The first-order chi connectivity index (χ1) is 20.6. The molecule has 44 heavy (non-hydrogen) atoms. The largest absolute Gasteiger partial charge is 0.481 e. The molecule has 0 aromatic heterocycles. The SMILES string of the molecule is C=C(C)[C@@H]1CC[C@]2(C(=O)NCCCCCCCCC(=O)O)CC[C@]3(C)[C@H](CC[C@@H]4[C@@]5(C)CCC(=O)C(C)(C)[C@@H]5CC[C@]43C)[C@@H]12. The Kier molecular flexibility index (Phi) is 9.33. The van der Waals surface area contributed by atoms with Gasteiger partial charge in [-0.15, -0.1) is 0 Å². The van der Waals surface area contributed by atoms with E-state index in [0.29, 0.717) is 41.3 Å². The number of Topliss-reactive ketones (excluding diaryl/α,β-unsaturated/α-hetero) is 1. The first-order valence-corrected chi connectivity index (χ1v) is 18.3. The van der Waals surface area contributed by atoms with E-state index in [1.54, 1.807) is 0 Å². The first-order valence-electron chi connectivity index (χ1n) is 18.3. The molecule has 0 unspecified atom stereocenters. The average Bonchev–Trinajstić information content (AvgIpc) is 3.36. The summed E-state index contributed by atoms with van der Waals surface area (Å²) in [7, 11) is 0. The Labute approximate surface area is 268 Å². The van der Waals surface area contributed by atoms with Gasteiger partial charge in [-0.3, -0.25) is 14.4 Å². The van der Waals surface area contributed by atoms with Gasteiger partial charge in [0.05, 0.1) is 5.41 Å². The molecule has 0 radical (unpaired) electrons. The number of allylic oxidation sites excluding steroid dienone is 1. The lowest BCUT2D eigenvalue weighted by atomic mass is 9.32. The minimum Gasteiger partial charge on any atom is -0.481 e. The molecule has 5 saturated carbocycles. The lowest BCUT2D eigenvalue weighted by Crippen LogP contribution is -2.67. The highest BCUT2D eigenvalue weighted by Crippen LogP contribution is 2.77. The zero-order chi connectivity index (χ0) is 32.1. The summed E-state index contributed by atoms with van der Waals surface area (Å²) in [6.07, 6.45) is 17.1. The summed E-state index contributed by atoms with van der Waals surface area (Å²) in [5, 5.41) is 12.3. The maximum absolute atomic E-state index is 14.3. The summed E-state index contributed by atoms with van der Waals surface area (Å²) >= 11 is 0. The summed E-state index contributed by atoms with van der Waals surface area (Å²) in [6, 6.07) is 0. The summed E-state index contributed by atoms with van der Waals surface area (Å²) in [5.74, 6) is 2.53. The van der Waals surface area contributed by atoms with Crippen LogP contribution in [0.1, 0.15) is 151 Å². The minimum absolute atomic E-state index is 0.197. The second kappa shape index (κ2) is 12.2. The molecule has 5 fully saturated rings. The van der Waals surface area contributed by atoms with Gasteiger partial charge in [0, 0.05) is 24.8 Å². The third kappa shape index (κ3) is 5.23. The van der Waals surface area contributed by atoms with Crippen LogP contribution in [0.2, 0.25) is 0 Å². The van der Waals surface area contributed by atoms with Crippen LogP contribution in [-0.2, 0) is 14.4 Å².